The van der Waals surface area contributed by atoms with Crippen LogP contribution in [-0.4, -0.2) is 65.6 Å². The minimum Gasteiger partial charge on any atom is -0.453 e. The Morgan fingerprint density at radius 1 is 1.31 bits per heavy atom. The van der Waals surface area contributed by atoms with E-state index in [0.717, 1.165) is 24.1 Å². The number of aryl methyl sites for hydroxylation is 2. The third-order valence-corrected chi connectivity index (χ3v) is 5.23. The quantitative estimate of drug-likeness (QED) is 0.839. The van der Waals surface area contributed by atoms with Gasteiger partial charge in [-0.25, -0.2) is 4.79 Å². The van der Waals surface area contributed by atoms with Crippen LogP contribution in [0.2, 0.25) is 0 Å². The number of carbonyl (C=O) groups excluding carboxylic acids is 3. The number of ether oxygens (including phenoxy) is 1. The first-order valence-corrected chi connectivity index (χ1v) is 8.72. The van der Waals surface area contributed by atoms with Gasteiger partial charge in [0.05, 0.1) is 25.3 Å². The molecule has 3 fully saturated rings. The molecule has 1 aromatic heterocycles. The molecule has 26 heavy (non-hydrogen) atoms. The highest BCUT2D eigenvalue weighted by molar-refractivity contribution is 5.85. The Hall–Kier alpha value is -2.58. The van der Waals surface area contributed by atoms with E-state index >= 15 is 0 Å². The fraction of sp³-hybridized carbons (Fsp3) is 0.647. The molecule has 2 atom stereocenters. The van der Waals surface area contributed by atoms with Gasteiger partial charge in [0, 0.05) is 24.7 Å². The zero-order valence-electron chi connectivity index (χ0n) is 15.3. The van der Waals surface area contributed by atoms with Crippen LogP contribution in [0.1, 0.15) is 29.9 Å². The van der Waals surface area contributed by atoms with Crippen molar-refractivity contribution in [2.24, 2.45) is 5.92 Å². The largest absolute Gasteiger partial charge is 0.453 e. The van der Waals surface area contributed by atoms with Crippen molar-refractivity contribution in [1.29, 1.82) is 0 Å². The van der Waals surface area contributed by atoms with Gasteiger partial charge in [0.2, 0.25) is 11.8 Å². The van der Waals surface area contributed by atoms with E-state index in [9.17, 15) is 14.4 Å². The lowest BCUT2D eigenvalue weighted by Crippen LogP contribution is -2.48. The second-order valence-corrected chi connectivity index (χ2v) is 6.84. The summed E-state index contributed by atoms with van der Waals surface area (Å²) in [6.45, 7) is 4.86. The van der Waals surface area contributed by atoms with Gasteiger partial charge in [0.1, 0.15) is 12.3 Å². The number of piperidine rings is 1. The number of nitrogens with zero attached hydrogens (tertiary/aromatic N) is 3. The first kappa shape index (κ1) is 18.2. The van der Waals surface area contributed by atoms with Crippen molar-refractivity contribution in [3.8, 4) is 0 Å². The molecule has 0 unspecified atom stereocenters. The molecule has 142 valence electrons. The fourth-order valence-electron chi connectivity index (χ4n) is 3.68. The van der Waals surface area contributed by atoms with Crippen LogP contribution in [0.5, 0.6) is 0 Å². The van der Waals surface area contributed by atoms with Crippen LogP contribution in [0.3, 0.4) is 0 Å². The number of alkyl carbamates (subject to hydrolysis) is 1. The van der Waals surface area contributed by atoms with Crippen molar-refractivity contribution >= 4 is 17.9 Å². The Labute approximate surface area is 151 Å². The summed E-state index contributed by atoms with van der Waals surface area (Å²) in [4.78, 5) is 40.0. The number of fused-ring (bicyclic) bond motifs is 4. The van der Waals surface area contributed by atoms with Crippen molar-refractivity contribution in [2.75, 3.05) is 26.7 Å². The lowest BCUT2D eigenvalue weighted by Gasteiger charge is -2.35. The summed E-state index contributed by atoms with van der Waals surface area (Å²) < 4.78 is 9.69. The van der Waals surface area contributed by atoms with Crippen LogP contribution in [-0.2, 0) is 20.9 Å². The molecule has 9 nitrogen and oxygen atoms in total. The summed E-state index contributed by atoms with van der Waals surface area (Å²) in [6, 6.07) is -0.0444. The molecule has 1 aromatic rings. The minimum atomic E-state index is -0.646. The van der Waals surface area contributed by atoms with E-state index in [4.69, 9.17) is 4.52 Å². The number of rotatable bonds is 4. The molecular weight excluding hydrogens is 340 g/mol. The van der Waals surface area contributed by atoms with Crippen LogP contribution >= 0.6 is 0 Å². The molecule has 3 aliphatic heterocycles. The number of hydrogen-bond donors (Lipinski definition) is 1. The molecule has 4 heterocycles. The van der Waals surface area contributed by atoms with E-state index in [1.807, 2.05) is 18.7 Å². The molecule has 0 saturated carbocycles. The summed E-state index contributed by atoms with van der Waals surface area (Å²) in [5.41, 5.74) is 1.71. The van der Waals surface area contributed by atoms with Crippen LogP contribution in [0.25, 0.3) is 0 Å². The van der Waals surface area contributed by atoms with Gasteiger partial charge in [0.25, 0.3) is 0 Å². The highest BCUT2D eigenvalue weighted by atomic mass is 16.5. The van der Waals surface area contributed by atoms with Crippen molar-refractivity contribution in [1.82, 2.24) is 20.3 Å². The number of amides is 3. The molecule has 2 bridgehead atoms. The van der Waals surface area contributed by atoms with Crippen LogP contribution in [0, 0.1) is 19.8 Å². The van der Waals surface area contributed by atoms with Crippen LogP contribution in [0.15, 0.2) is 4.52 Å². The monoisotopic (exact) mass is 364 g/mol. The molecule has 0 radical (unpaired) electrons. The number of aromatic nitrogens is 1. The van der Waals surface area contributed by atoms with Gasteiger partial charge in [-0.2, -0.15) is 0 Å². The fourth-order valence-corrected chi connectivity index (χ4v) is 3.68. The normalized spacial score (nSPS) is 22.3. The van der Waals surface area contributed by atoms with Crippen molar-refractivity contribution in [3.63, 3.8) is 0 Å². The summed E-state index contributed by atoms with van der Waals surface area (Å²) in [6.07, 6.45) is 0.983. The molecule has 9 heteroatoms. The summed E-state index contributed by atoms with van der Waals surface area (Å²) in [5.74, 6) is 0.360. The van der Waals surface area contributed by atoms with E-state index in [1.54, 1.807) is 4.90 Å². The second-order valence-electron chi connectivity index (χ2n) is 6.84. The van der Waals surface area contributed by atoms with E-state index in [0.29, 0.717) is 25.4 Å². The van der Waals surface area contributed by atoms with E-state index in [2.05, 4.69) is 15.2 Å². The Morgan fingerprint density at radius 2 is 2.08 bits per heavy atom. The predicted molar refractivity (Wildman–Crippen MR) is 90.0 cm³/mol. The van der Waals surface area contributed by atoms with Crippen molar-refractivity contribution in [2.45, 2.75) is 39.3 Å². The average molecular weight is 364 g/mol. The third-order valence-electron chi connectivity index (χ3n) is 5.23. The molecule has 1 N–H and O–H groups in total. The molecular formula is C17H24N4O5. The smallest absolute Gasteiger partial charge is 0.407 e. The van der Waals surface area contributed by atoms with Gasteiger partial charge in [-0.15, -0.1) is 0 Å². The van der Waals surface area contributed by atoms with Crippen LogP contribution < -0.4 is 5.32 Å². The van der Waals surface area contributed by atoms with Gasteiger partial charge in [-0.3, -0.25) is 9.59 Å². The summed E-state index contributed by atoms with van der Waals surface area (Å²) >= 11 is 0. The Kier molecular flexibility index (Phi) is 5.15. The van der Waals surface area contributed by atoms with E-state index in [-0.39, 0.29) is 30.3 Å². The predicted octanol–water partition coefficient (Wildman–Crippen LogP) is 0.597. The zero-order valence-corrected chi connectivity index (χ0v) is 15.3. The summed E-state index contributed by atoms with van der Waals surface area (Å²) in [5, 5.41) is 6.36. The molecule has 3 saturated heterocycles. The standard InChI is InChI=1S/C17H24N4O5/c1-10-14(11(2)26-19-10)9-21-13-5-4-12(16(21)23)7-20(8-13)15(22)6-18-17(24)25-3/h12-13H,4-9H2,1-3H3,(H,18,24)/t12-,13+/m0/s1. The Balaban J connectivity index is 1.71. The second kappa shape index (κ2) is 7.35. The van der Waals surface area contributed by atoms with Gasteiger partial charge < -0.3 is 24.4 Å². The number of carbonyl (C=O) groups is 3. The molecule has 0 spiro atoms. The van der Waals surface area contributed by atoms with Crippen molar-refractivity contribution < 1.29 is 23.6 Å². The van der Waals surface area contributed by atoms with E-state index < -0.39 is 6.09 Å². The maximum absolute atomic E-state index is 12.9. The van der Waals surface area contributed by atoms with Crippen LogP contribution in [0.4, 0.5) is 4.79 Å². The minimum absolute atomic E-state index is 0.0444. The first-order valence-electron chi connectivity index (χ1n) is 8.72. The Bertz CT molecular complexity index is 697. The maximum atomic E-state index is 12.9. The molecule has 3 aliphatic rings. The molecule has 3 amide bonds. The third kappa shape index (κ3) is 3.51. The zero-order chi connectivity index (χ0) is 18.8. The highest BCUT2D eigenvalue weighted by Crippen LogP contribution is 2.31. The van der Waals surface area contributed by atoms with Gasteiger partial charge in [0.15, 0.2) is 0 Å². The lowest BCUT2D eigenvalue weighted by atomic mass is 9.93. The van der Waals surface area contributed by atoms with Gasteiger partial charge in [-0.05, 0) is 26.7 Å². The highest BCUT2D eigenvalue weighted by Gasteiger charge is 2.42. The lowest BCUT2D eigenvalue weighted by molar-refractivity contribution is -0.140. The number of hydrogen-bond acceptors (Lipinski definition) is 6. The summed E-state index contributed by atoms with van der Waals surface area (Å²) in [7, 11) is 1.25. The van der Waals surface area contributed by atoms with Gasteiger partial charge in [-0.1, -0.05) is 5.16 Å². The topological polar surface area (TPSA) is 105 Å². The molecule has 0 aromatic carbocycles. The van der Waals surface area contributed by atoms with E-state index in [1.165, 1.54) is 7.11 Å². The SMILES string of the molecule is COC(=O)NCC(=O)N1C[C@@H]2CC[C@H](C1)N(Cc1c(C)noc1C)C2=O. The molecule has 4 rings (SSSR count). The van der Waals surface area contributed by atoms with Gasteiger partial charge >= 0.3 is 6.09 Å². The number of methoxy groups -OCH3 is 1. The first-order chi connectivity index (χ1) is 12.4. The number of nitrogens with one attached hydrogen (secondary N) is 1. The maximum Gasteiger partial charge on any atom is 0.407 e. The average Bonchev–Trinajstić information content (AvgIpc) is 2.81. The molecule has 0 aliphatic carbocycles. The van der Waals surface area contributed by atoms with Crippen molar-refractivity contribution in [3.05, 3.63) is 17.0 Å². The Morgan fingerprint density at radius 3 is 2.73 bits per heavy atom.